The van der Waals surface area contributed by atoms with Crippen molar-refractivity contribution in [3.8, 4) is 5.75 Å². The molecule has 1 rings (SSSR count). The lowest BCUT2D eigenvalue weighted by Gasteiger charge is -2.20. The Kier molecular flexibility index (Phi) is 4.43. The van der Waals surface area contributed by atoms with Gasteiger partial charge in [-0.25, -0.2) is 4.39 Å². The molecule has 0 aliphatic carbocycles. The highest BCUT2D eigenvalue weighted by molar-refractivity contribution is 6.74. The lowest BCUT2D eigenvalue weighted by atomic mass is 9.79. The summed E-state index contributed by atoms with van der Waals surface area (Å²) in [5.74, 6) is -0.824. The smallest absolute Gasteiger partial charge is 0.496 e. The van der Waals surface area contributed by atoms with Crippen molar-refractivity contribution < 1.29 is 22.1 Å². The van der Waals surface area contributed by atoms with Gasteiger partial charge in [-0.1, -0.05) is 25.4 Å². The molecule has 6 heteroatoms. The molecule has 0 saturated carbocycles. The van der Waals surface area contributed by atoms with E-state index in [0.29, 0.717) is 12.3 Å². The van der Waals surface area contributed by atoms with Crippen LogP contribution in [0.3, 0.4) is 0 Å². The Bertz CT molecular complexity index is 376. The summed E-state index contributed by atoms with van der Waals surface area (Å²) in [5.41, 5.74) is -0.879. The van der Waals surface area contributed by atoms with Crippen LogP contribution in [-0.2, 0) is 0 Å². The van der Waals surface area contributed by atoms with E-state index >= 15 is 0 Å². The number of hydrogen-bond acceptors (Lipinski definition) is 1. The zero-order valence-electron chi connectivity index (χ0n) is 9.72. The molecular weight excluding hydrogens is 235 g/mol. The molecule has 1 aromatic rings. The summed E-state index contributed by atoms with van der Waals surface area (Å²) in [6.45, 7) is -1.15. The third-order valence-corrected chi connectivity index (χ3v) is 2.28. The van der Waals surface area contributed by atoms with Crippen LogP contribution in [0.2, 0.25) is 0 Å². The summed E-state index contributed by atoms with van der Waals surface area (Å²) in [6.07, 6.45) is 0.626. The van der Waals surface area contributed by atoms with Crippen LogP contribution in [0.15, 0.2) is 18.2 Å². The Morgan fingerprint density at radius 2 is 1.88 bits per heavy atom. The molecule has 0 N–H and O–H groups in total. The van der Waals surface area contributed by atoms with Crippen molar-refractivity contribution in [3.05, 3.63) is 24.0 Å². The second-order valence-electron chi connectivity index (χ2n) is 4.29. The highest BCUT2D eigenvalue weighted by Gasteiger charge is 2.29. The highest BCUT2D eigenvalue weighted by atomic mass is 19.4. The maximum absolute atomic E-state index is 12.9. The minimum Gasteiger partial charge on any atom is -0.496 e. The van der Waals surface area contributed by atoms with E-state index in [2.05, 4.69) is 0 Å². The normalized spacial score (nSPS) is 11.9. The summed E-state index contributed by atoms with van der Waals surface area (Å²) < 4.78 is 55.8. The Morgan fingerprint density at radius 3 is 2.41 bits per heavy atom. The molecule has 96 valence electrons. The van der Waals surface area contributed by atoms with Crippen LogP contribution in [-0.4, -0.2) is 13.6 Å². The standard InChI is InChI=1S/C11H14BF4O/c1-8(2)5-6-17-11-7-9(13)3-4-10(11)12(14,15)16/h3-4,7-8H,5-6H2,1-2H3/q-1. The maximum Gasteiger partial charge on any atom is 0.513 e. The molecule has 0 heterocycles. The van der Waals surface area contributed by atoms with Gasteiger partial charge in [-0.05, 0) is 18.4 Å². The van der Waals surface area contributed by atoms with Crippen LogP contribution < -0.4 is 10.2 Å². The average molecular weight is 249 g/mol. The third kappa shape index (κ3) is 4.28. The molecule has 0 amide bonds. The quantitative estimate of drug-likeness (QED) is 0.574. The van der Waals surface area contributed by atoms with E-state index in [0.717, 1.165) is 18.2 Å². The summed E-state index contributed by atoms with van der Waals surface area (Å²) in [4.78, 5) is 0. The van der Waals surface area contributed by atoms with Gasteiger partial charge in [-0.3, -0.25) is 0 Å². The Morgan fingerprint density at radius 1 is 1.24 bits per heavy atom. The molecule has 0 unspecified atom stereocenters. The molecule has 0 bridgehead atoms. The zero-order valence-corrected chi connectivity index (χ0v) is 9.72. The van der Waals surface area contributed by atoms with Crippen molar-refractivity contribution in [2.24, 2.45) is 5.92 Å². The number of benzene rings is 1. The Balaban J connectivity index is 2.84. The first-order chi connectivity index (χ1) is 7.80. The van der Waals surface area contributed by atoms with Gasteiger partial charge in [-0.2, -0.15) is 0 Å². The predicted octanol–water partition coefficient (Wildman–Crippen LogP) is 3.31. The third-order valence-electron chi connectivity index (χ3n) is 2.28. The Hall–Kier alpha value is -1.20. The van der Waals surface area contributed by atoms with Gasteiger partial charge in [0.25, 0.3) is 0 Å². The summed E-state index contributed by atoms with van der Waals surface area (Å²) in [7, 11) is 0. The van der Waals surface area contributed by atoms with Gasteiger partial charge in [-0.15, -0.1) is 0 Å². The second-order valence-corrected chi connectivity index (χ2v) is 4.29. The first-order valence-corrected chi connectivity index (χ1v) is 5.43. The summed E-state index contributed by atoms with van der Waals surface area (Å²) in [6, 6.07) is 2.30. The van der Waals surface area contributed by atoms with Gasteiger partial charge in [0.15, 0.2) is 0 Å². The maximum atomic E-state index is 12.9. The van der Waals surface area contributed by atoms with Gasteiger partial charge in [0.05, 0.1) is 12.4 Å². The molecule has 0 spiro atoms. The van der Waals surface area contributed by atoms with E-state index in [1.54, 1.807) is 0 Å². The summed E-state index contributed by atoms with van der Waals surface area (Å²) in [5, 5.41) is 0. The average Bonchev–Trinajstić information content (AvgIpc) is 2.15. The van der Waals surface area contributed by atoms with Gasteiger partial charge < -0.3 is 17.7 Å². The van der Waals surface area contributed by atoms with Crippen LogP contribution >= 0.6 is 0 Å². The van der Waals surface area contributed by atoms with Crippen molar-refractivity contribution in [1.82, 2.24) is 0 Å². The van der Waals surface area contributed by atoms with Gasteiger partial charge in [0, 0.05) is 6.07 Å². The molecule has 17 heavy (non-hydrogen) atoms. The number of ether oxygens (including phenoxy) is 1. The number of rotatable bonds is 5. The van der Waals surface area contributed by atoms with Crippen LogP contribution in [0.5, 0.6) is 5.75 Å². The number of halogens is 4. The van der Waals surface area contributed by atoms with Crippen LogP contribution in [0.1, 0.15) is 20.3 Å². The van der Waals surface area contributed by atoms with E-state index in [9.17, 15) is 17.3 Å². The first-order valence-electron chi connectivity index (χ1n) is 5.43. The topological polar surface area (TPSA) is 9.23 Å². The molecule has 0 saturated heterocycles. The molecule has 0 aliphatic heterocycles. The van der Waals surface area contributed by atoms with E-state index in [1.165, 1.54) is 0 Å². The first kappa shape index (κ1) is 13.9. The molecular formula is C11H14BF4O-. The molecule has 0 radical (unpaired) electrons. The lowest BCUT2D eigenvalue weighted by Crippen LogP contribution is -2.35. The number of hydrogen-bond donors (Lipinski definition) is 0. The van der Waals surface area contributed by atoms with Crippen LogP contribution in [0.25, 0.3) is 0 Å². The van der Waals surface area contributed by atoms with E-state index < -0.39 is 24.0 Å². The van der Waals surface area contributed by atoms with Crippen LogP contribution in [0, 0.1) is 11.7 Å². The fourth-order valence-corrected chi connectivity index (χ4v) is 1.31. The fraction of sp³-hybridized carbons (Fsp3) is 0.455. The molecule has 1 nitrogen and oxygen atoms in total. The highest BCUT2D eigenvalue weighted by Crippen LogP contribution is 2.19. The molecule has 1 aromatic carbocycles. The lowest BCUT2D eigenvalue weighted by molar-refractivity contribution is 0.289. The van der Waals surface area contributed by atoms with Crippen molar-refractivity contribution in [3.63, 3.8) is 0 Å². The fourth-order valence-electron chi connectivity index (χ4n) is 1.31. The zero-order chi connectivity index (χ0) is 13.1. The molecule has 0 atom stereocenters. The summed E-state index contributed by atoms with van der Waals surface area (Å²) >= 11 is 0. The van der Waals surface area contributed by atoms with E-state index in [-0.39, 0.29) is 6.61 Å². The minimum atomic E-state index is -5.18. The Labute approximate surface area is 97.8 Å². The largest absolute Gasteiger partial charge is 0.513 e. The van der Waals surface area contributed by atoms with Crippen LogP contribution in [0.4, 0.5) is 17.3 Å². The van der Waals surface area contributed by atoms with Crippen molar-refractivity contribution in [1.29, 1.82) is 0 Å². The monoisotopic (exact) mass is 249 g/mol. The molecule has 0 aliphatic rings. The minimum absolute atomic E-state index is 0.153. The van der Waals surface area contributed by atoms with Crippen molar-refractivity contribution in [2.45, 2.75) is 20.3 Å². The van der Waals surface area contributed by atoms with Crippen molar-refractivity contribution >= 4 is 12.4 Å². The van der Waals surface area contributed by atoms with E-state index in [4.69, 9.17) is 4.74 Å². The second kappa shape index (κ2) is 5.43. The SMILES string of the molecule is CC(C)CCOc1cc(F)ccc1[B-](F)(F)F. The predicted molar refractivity (Wildman–Crippen MR) is 60.1 cm³/mol. The van der Waals surface area contributed by atoms with Gasteiger partial charge >= 0.3 is 6.98 Å². The van der Waals surface area contributed by atoms with Gasteiger partial charge in [0.1, 0.15) is 5.82 Å². The van der Waals surface area contributed by atoms with E-state index in [1.807, 2.05) is 13.8 Å². The molecule has 0 aromatic heterocycles. The van der Waals surface area contributed by atoms with Gasteiger partial charge in [0.2, 0.25) is 0 Å². The molecule has 0 fully saturated rings. The van der Waals surface area contributed by atoms with Crippen molar-refractivity contribution in [2.75, 3.05) is 6.61 Å².